The van der Waals surface area contributed by atoms with Gasteiger partial charge >= 0.3 is 0 Å². The lowest BCUT2D eigenvalue weighted by molar-refractivity contribution is -0.122. The van der Waals surface area contributed by atoms with Gasteiger partial charge in [0.25, 0.3) is 0 Å². The van der Waals surface area contributed by atoms with Crippen LogP contribution in [0.15, 0.2) is 24.3 Å². The quantitative estimate of drug-likeness (QED) is 0.605. The van der Waals surface area contributed by atoms with Gasteiger partial charge in [-0.05, 0) is 30.5 Å². The molecule has 0 heterocycles. The van der Waals surface area contributed by atoms with E-state index in [4.69, 9.17) is 10.8 Å². The third-order valence-corrected chi connectivity index (χ3v) is 3.75. The molecule has 1 aromatic rings. The van der Waals surface area contributed by atoms with Crippen LogP contribution in [-0.4, -0.2) is 44.0 Å². The Kier molecular flexibility index (Phi) is 5.97. The average molecular weight is 300 g/mol. The van der Waals surface area contributed by atoms with Crippen molar-refractivity contribution in [3.63, 3.8) is 0 Å². The van der Waals surface area contributed by atoms with Crippen LogP contribution in [-0.2, 0) is 21.1 Å². The van der Waals surface area contributed by atoms with Crippen molar-refractivity contribution in [1.82, 2.24) is 5.32 Å². The fraction of sp³-hybridized carbons (Fsp3) is 0.462. The van der Waals surface area contributed by atoms with E-state index in [0.29, 0.717) is 12.8 Å². The van der Waals surface area contributed by atoms with E-state index in [1.54, 1.807) is 12.1 Å². The Morgan fingerprint density at radius 2 is 1.95 bits per heavy atom. The van der Waals surface area contributed by atoms with Crippen molar-refractivity contribution in [2.45, 2.75) is 18.9 Å². The third-order valence-electron chi connectivity index (χ3n) is 2.72. The van der Waals surface area contributed by atoms with Gasteiger partial charge in [0.05, 0.1) is 11.8 Å². The van der Waals surface area contributed by atoms with E-state index < -0.39 is 15.9 Å². The number of phenolic OH excluding ortho intramolecular Hbond substituents is 1. The molecule has 1 amide bonds. The van der Waals surface area contributed by atoms with Gasteiger partial charge in [0.1, 0.15) is 15.6 Å². The molecule has 1 atom stereocenters. The number of nitrogens with one attached hydrogen (secondary N) is 1. The van der Waals surface area contributed by atoms with Gasteiger partial charge in [-0.1, -0.05) is 12.1 Å². The Morgan fingerprint density at radius 1 is 1.35 bits per heavy atom. The topological polar surface area (TPSA) is 109 Å². The number of aromatic hydroxyl groups is 1. The standard InChI is InChI=1S/C13H20N2O4S/c1-20(18,19)8-2-7-15-13(17)12(14)9-10-3-5-11(16)6-4-10/h3-6,12,16H,2,7-9,14H2,1H3,(H,15,17). The Morgan fingerprint density at radius 3 is 2.50 bits per heavy atom. The number of hydrogen-bond donors (Lipinski definition) is 3. The second-order valence-corrected chi connectivity index (χ2v) is 7.01. The molecular weight excluding hydrogens is 280 g/mol. The van der Waals surface area contributed by atoms with Gasteiger partial charge in [0, 0.05) is 12.8 Å². The molecule has 0 aliphatic carbocycles. The van der Waals surface area contributed by atoms with Crippen molar-refractivity contribution in [3.05, 3.63) is 29.8 Å². The molecule has 0 aliphatic rings. The van der Waals surface area contributed by atoms with Gasteiger partial charge in [-0.3, -0.25) is 4.79 Å². The molecule has 0 saturated heterocycles. The Bertz CT molecular complexity index is 540. The molecule has 0 aliphatic heterocycles. The van der Waals surface area contributed by atoms with Crippen LogP contribution < -0.4 is 11.1 Å². The number of carbonyl (C=O) groups excluding carboxylic acids is 1. The average Bonchev–Trinajstić information content (AvgIpc) is 2.36. The predicted molar refractivity (Wildman–Crippen MR) is 77.1 cm³/mol. The summed E-state index contributed by atoms with van der Waals surface area (Å²) in [5, 5.41) is 11.8. The van der Waals surface area contributed by atoms with Crippen LogP contribution in [0.1, 0.15) is 12.0 Å². The maximum Gasteiger partial charge on any atom is 0.237 e. The van der Waals surface area contributed by atoms with Crippen molar-refractivity contribution in [1.29, 1.82) is 0 Å². The molecule has 1 rings (SSSR count). The lowest BCUT2D eigenvalue weighted by atomic mass is 10.1. The molecular formula is C13H20N2O4S. The summed E-state index contributed by atoms with van der Waals surface area (Å²) in [7, 11) is -3.00. The fourth-order valence-electron chi connectivity index (χ4n) is 1.66. The molecule has 1 aromatic carbocycles. The highest BCUT2D eigenvalue weighted by Gasteiger charge is 2.13. The summed E-state index contributed by atoms with van der Waals surface area (Å²) in [5.41, 5.74) is 6.61. The summed E-state index contributed by atoms with van der Waals surface area (Å²) in [4.78, 5) is 11.7. The lowest BCUT2D eigenvalue weighted by Gasteiger charge is -2.12. The van der Waals surface area contributed by atoms with Gasteiger partial charge in [0.2, 0.25) is 5.91 Å². The van der Waals surface area contributed by atoms with E-state index in [1.165, 1.54) is 12.1 Å². The van der Waals surface area contributed by atoms with Crippen LogP contribution in [0, 0.1) is 0 Å². The van der Waals surface area contributed by atoms with Crippen LogP contribution in [0.4, 0.5) is 0 Å². The first-order valence-electron chi connectivity index (χ1n) is 6.27. The normalized spacial score (nSPS) is 12.9. The highest BCUT2D eigenvalue weighted by atomic mass is 32.2. The van der Waals surface area contributed by atoms with Crippen LogP contribution in [0.2, 0.25) is 0 Å². The zero-order valence-corrected chi connectivity index (χ0v) is 12.2. The monoisotopic (exact) mass is 300 g/mol. The SMILES string of the molecule is CS(=O)(=O)CCCNC(=O)C(N)Cc1ccc(O)cc1. The molecule has 0 fully saturated rings. The zero-order valence-electron chi connectivity index (χ0n) is 11.4. The number of nitrogens with two attached hydrogens (primary N) is 1. The number of phenols is 1. The van der Waals surface area contributed by atoms with Crippen molar-refractivity contribution < 1.29 is 18.3 Å². The van der Waals surface area contributed by atoms with Crippen LogP contribution in [0.5, 0.6) is 5.75 Å². The van der Waals surface area contributed by atoms with Gasteiger partial charge < -0.3 is 16.2 Å². The van der Waals surface area contributed by atoms with Crippen molar-refractivity contribution in [2.75, 3.05) is 18.6 Å². The Labute approximate surface area is 118 Å². The highest BCUT2D eigenvalue weighted by Crippen LogP contribution is 2.10. The smallest absolute Gasteiger partial charge is 0.237 e. The Hall–Kier alpha value is -1.60. The van der Waals surface area contributed by atoms with Gasteiger partial charge in [-0.2, -0.15) is 0 Å². The summed E-state index contributed by atoms with van der Waals surface area (Å²) >= 11 is 0. The van der Waals surface area contributed by atoms with Gasteiger partial charge in [-0.15, -0.1) is 0 Å². The first-order chi connectivity index (χ1) is 9.28. The number of benzene rings is 1. The van der Waals surface area contributed by atoms with Crippen molar-refractivity contribution >= 4 is 15.7 Å². The Balaban J connectivity index is 2.34. The summed E-state index contributed by atoms with van der Waals surface area (Å²) in [6.07, 6.45) is 1.89. The molecule has 112 valence electrons. The molecule has 7 heteroatoms. The number of sulfone groups is 1. The maximum absolute atomic E-state index is 11.7. The summed E-state index contributed by atoms with van der Waals surface area (Å²) in [6, 6.07) is 5.77. The van der Waals surface area contributed by atoms with E-state index in [1.807, 2.05) is 0 Å². The minimum Gasteiger partial charge on any atom is -0.508 e. The van der Waals surface area contributed by atoms with E-state index in [2.05, 4.69) is 5.32 Å². The van der Waals surface area contributed by atoms with Crippen molar-refractivity contribution in [3.8, 4) is 5.75 Å². The molecule has 6 nitrogen and oxygen atoms in total. The van der Waals surface area contributed by atoms with Crippen LogP contribution >= 0.6 is 0 Å². The second kappa shape index (κ2) is 7.25. The minimum absolute atomic E-state index is 0.0421. The number of rotatable bonds is 7. The van der Waals surface area contributed by atoms with E-state index >= 15 is 0 Å². The molecule has 0 radical (unpaired) electrons. The molecule has 0 spiro atoms. The summed E-state index contributed by atoms with van der Waals surface area (Å²) in [6.45, 7) is 0.287. The highest BCUT2D eigenvalue weighted by molar-refractivity contribution is 7.90. The first kappa shape index (κ1) is 16.5. The minimum atomic E-state index is -3.00. The number of amides is 1. The lowest BCUT2D eigenvalue weighted by Crippen LogP contribution is -2.42. The molecule has 4 N–H and O–H groups in total. The second-order valence-electron chi connectivity index (χ2n) is 4.75. The van der Waals surface area contributed by atoms with E-state index in [9.17, 15) is 13.2 Å². The maximum atomic E-state index is 11.7. The van der Waals surface area contributed by atoms with Crippen molar-refractivity contribution in [2.24, 2.45) is 5.73 Å². The number of hydrogen-bond acceptors (Lipinski definition) is 5. The van der Waals surface area contributed by atoms with Gasteiger partial charge in [0.15, 0.2) is 0 Å². The molecule has 0 bridgehead atoms. The van der Waals surface area contributed by atoms with E-state index in [0.717, 1.165) is 11.8 Å². The fourth-order valence-corrected chi connectivity index (χ4v) is 2.32. The predicted octanol–water partition coefficient (Wildman–Crippen LogP) is -0.187. The number of carbonyl (C=O) groups is 1. The first-order valence-corrected chi connectivity index (χ1v) is 8.33. The molecule has 20 heavy (non-hydrogen) atoms. The molecule has 1 unspecified atom stereocenters. The zero-order chi connectivity index (χ0) is 15.2. The molecule has 0 aromatic heterocycles. The van der Waals surface area contributed by atoms with Crippen LogP contribution in [0.3, 0.4) is 0 Å². The largest absolute Gasteiger partial charge is 0.508 e. The third kappa shape index (κ3) is 6.53. The summed E-state index contributed by atoms with van der Waals surface area (Å²) < 4.78 is 21.8. The van der Waals surface area contributed by atoms with Gasteiger partial charge in [-0.25, -0.2) is 8.42 Å². The molecule has 0 saturated carbocycles. The van der Waals surface area contributed by atoms with Crippen LogP contribution in [0.25, 0.3) is 0 Å². The summed E-state index contributed by atoms with van der Waals surface area (Å²) in [5.74, 6) is -0.111. The van der Waals surface area contributed by atoms with E-state index in [-0.39, 0.29) is 24.0 Å².